The van der Waals surface area contributed by atoms with Crippen LogP contribution in [0.15, 0.2) is 48.7 Å². The maximum atomic E-state index is 9.22. The molecule has 0 saturated carbocycles. The van der Waals surface area contributed by atoms with Crippen molar-refractivity contribution >= 4 is 16.6 Å². The van der Waals surface area contributed by atoms with Gasteiger partial charge in [-0.3, -0.25) is 4.98 Å². The summed E-state index contributed by atoms with van der Waals surface area (Å²) in [5.74, 6) is 1.16. The van der Waals surface area contributed by atoms with E-state index in [0.29, 0.717) is 28.3 Å². The molecule has 0 radical (unpaired) electrons. The summed E-state index contributed by atoms with van der Waals surface area (Å²) in [4.78, 5) is 4.27. The van der Waals surface area contributed by atoms with Crippen LogP contribution in [-0.2, 0) is 0 Å². The highest BCUT2D eigenvalue weighted by atomic mass is 16.5. The number of rotatable bonds is 2. The number of nitrogen functional groups attached to an aromatic ring is 1. The summed E-state index contributed by atoms with van der Waals surface area (Å²) in [6, 6.07) is 14.9. The van der Waals surface area contributed by atoms with Crippen molar-refractivity contribution in [1.82, 2.24) is 4.98 Å². The summed E-state index contributed by atoms with van der Waals surface area (Å²) in [5.41, 5.74) is 8.74. The van der Waals surface area contributed by atoms with Gasteiger partial charge in [0.2, 0.25) is 0 Å². The lowest BCUT2D eigenvalue weighted by Crippen LogP contribution is -1.94. The van der Waals surface area contributed by atoms with Crippen LogP contribution >= 0.6 is 0 Å². The van der Waals surface area contributed by atoms with Gasteiger partial charge in [-0.15, -0.1) is 0 Å². The fraction of sp³-hybridized carbons (Fsp3) is 0.0588. The van der Waals surface area contributed by atoms with Gasteiger partial charge in [-0.25, -0.2) is 0 Å². The van der Waals surface area contributed by atoms with Crippen molar-refractivity contribution in [3.05, 3.63) is 59.8 Å². The molecule has 0 aliphatic rings. The normalized spacial score (nSPS) is 10.3. The molecule has 0 fully saturated rings. The maximum Gasteiger partial charge on any atom is 0.145 e. The number of aryl methyl sites for hydroxylation is 1. The lowest BCUT2D eigenvalue weighted by Gasteiger charge is -2.11. The first-order valence-corrected chi connectivity index (χ1v) is 6.51. The van der Waals surface area contributed by atoms with Gasteiger partial charge in [0.15, 0.2) is 0 Å². The molecule has 1 aromatic heterocycles. The zero-order valence-corrected chi connectivity index (χ0v) is 11.5. The second-order valence-electron chi connectivity index (χ2n) is 4.77. The van der Waals surface area contributed by atoms with Gasteiger partial charge in [0, 0.05) is 11.6 Å². The third-order valence-corrected chi connectivity index (χ3v) is 3.24. The van der Waals surface area contributed by atoms with Crippen LogP contribution in [0.5, 0.6) is 11.5 Å². The number of hydrogen-bond acceptors (Lipinski definition) is 4. The van der Waals surface area contributed by atoms with E-state index in [1.54, 1.807) is 30.5 Å². The molecule has 0 saturated heterocycles. The van der Waals surface area contributed by atoms with Crippen molar-refractivity contribution in [2.45, 2.75) is 6.92 Å². The van der Waals surface area contributed by atoms with Gasteiger partial charge in [-0.1, -0.05) is 6.07 Å². The van der Waals surface area contributed by atoms with Crippen LogP contribution in [-0.4, -0.2) is 4.98 Å². The van der Waals surface area contributed by atoms with Crippen molar-refractivity contribution in [3.63, 3.8) is 0 Å². The van der Waals surface area contributed by atoms with Crippen molar-refractivity contribution in [2.75, 3.05) is 5.73 Å². The summed E-state index contributed by atoms with van der Waals surface area (Å²) < 4.78 is 5.91. The number of benzene rings is 2. The summed E-state index contributed by atoms with van der Waals surface area (Å²) in [7, 11) is 0. The molecule has 2 aromatic carbocycles. The summed E-state index contributed by atoms with van der Waals surface area (Å²) in [5, 5.41) is 10.0. The number of nitrogens with zero attached hydrogens (tertiary/aromatic N) is 2. The van der Waals surface area contributed by atoms with E-state index in [2.05, 4.69) is 11.1 Å². The van der Waals surface area contributed by atoms with E-state index in [9.17, 15) is 5.26 Å². The SMILES string of the molecule is Cc1ccc(Oc2ccc(N)c3ncccc23)c(C#N)c1. The lowest BCUT2D eigenvalue weighted by molar-refractivity contribution is 0.486. The topological polar surface area (TPSA) is 71.9 Å². The largest absolute Gasteiger partial charge is 0.455 e. The van der Waals surface area contributed by atoms with Crippen LogP contribution in [0.2, 0.25) is 0 Å². The zero-order chi connectivity index (χ0) is 14.8. The molecule has 0 unspecified atom stereocenters. The number of nitriles is 1. The average Bonchev–Trinajstić information content (AvgIpc) is 2.52. The monoisotopic (exact) mass is 275 g/mol. The van der Waals surface area contributed by atoms with Crippen molar-refractivity contribution in [3.8, 4) is 17.6 Å². The van der Waals surface area contributed by atoms with Gasteiger partial charge >= 0.3 is 0 Å². The third-order valence-electron chi connectivity index (χ3n) is 3.24. The molecule has 0 aliphatic heterocycles. The summed E-state index contributed by atoms with van der Waals surface area (Å²) in [6.45, 7) is 1.94. The van der Waals surface area contributed by atoms with Crippen molar-refractivity contribution < 1.29 is 4.74 Å². The summed E-state index contributed by atoms with van der Waals surface area (Å²) in [6.07, 6.45) is 1.69. The van der Waals surface area contributed by atoms with Gasteiger partial charge in [0.1, 0.15) is 17.6 Å². The minimum absolute atomic E-state index is 0.504. The highest BCUT2D eigenvalue weighted by Gasteiger charge is 2.09. The Morgan fingerprint density at radius 3 is 2.76 bits per heavy atom. The molecule has 0 aliphatic carbocycles. The standard InChI is InChI=1S/C17H13N3O/c1-11-4-6-15(12(9-11)10-18)21-16-7-5-14(19)17-13(16)3-2-8-20-17/h2-9H,19H2,1H3. The van der Waals surface area contributed by atoms with Gasteiger partial charge < -0.3 is 10.5 Å². The Bertz CT molecular complexity index is 866. The Morgan fingerprint density at radius 2 is 1.95 bits per heavy atom. The number of aromatic nitrogens is 1. The molecule has 21 heavy (non-hydrogen) atoms. The zero-order valence-electron chi connectivity index (χ0n) is 11.5. The van der Waals surface area contributed by atoms with E-state index >= 15 is 0 Å². The van der Waals surface area contributed by atoms with Gasteiger partial charge in [-0.05, 0) is 48.9 Å². The van der Waals surface area contributed by atoms with E-state index < -0.39 is 0 Å². The molecule has 0 bridgehead atoms. The van der Waals surface area contributed by atoms with Crippen LogP contribution in [0.1, 0.15) is 11.1 Å². The van der Waals surface area contributed by atoms with E-state index in [-0.39, 0.29) is 0 Å². The first-order chi connectivity index (χ1) is 10.2. The van der Waals surface area contributed by atoms with Gasteiger partial charge in [0.05, 0.1) is 16.8 Å². The molecule has 0 spiro atoms. The molecule has 0 atom stereocenters. The van der Waals surface area contributed by atoms with E-state index in [1.165, 1.54) is 0 Å². The van der Waals surface area contributed by atoms with E-state index in [1.807, 2.05) is 25.1 Å². The first-order valence-electron chi connectivity index (χ1n) is 6.51. The van der Waals surface area contributed by atoms with Crippen molar-refractivity contribution in [1.29, 1.82) is 5.26 Å². The molecule has 0 amide bonds. The summed E-state index contributed by atoms with van der Waals surface area (Å²) >= 11 is 0. The van der Waals surface area contributed by atoms with E-state index in [4.69, 9.17) is 10.5 Å². The highest BCUT2D eigenvalue weighted by molar-refractivity contribution is 5.93. The van der Waals surface area contributed by atoms with Gasteiger partial charge in [0.25, 0.3) is 0 Å². The predicted octanol–water partition coefficient (Wildman–Crippen LogP) is 3.79. The van der Waals surface area contributed by atoms with Crippen LogP contribution in [0.4, 0.5) is 5.69 Å². The molecular formula is C17H13N3O. The fourth-order valence-corrected chi connectivity index (χ4v) is 2.20. The third kappa shape index (κ3) is 2.37. The predicted molar refractivity (Wildman–Crippen MR) is 82.1 cm³/mol. The second-order valence-corrected chi connectivity index (χ2v) is 4.77. The van der Waals surface area contributed by atoms with E-state index in [0.717, 1.165) is 10.9 Å². The second kappa shape index (κ2) is 5.14. The van der Waals surface area contributed by atoms with Crippen LogP contribution < -0.4 is 10.5 Å². The molecule has 4 nitrogen and oxygen atoms in total. The molecule has 2 N–H and O–H groups in total. The first kappa shape index (κ1) is 12.9. The molecule has 3 rings (SSSR count). The Morgan fingerprint density at radius 1 is 1.14 bits per heavy atom. The number of ether oxygens (including phenoxy) is 1. The smallest absolute Gasteiger partial charge is 0.145 e. The number of anilines is 1. The number of nitrogens with two attached hydrogens (primary N) is 1. The van der Waals surface area contributed by atoms with Crippen LogP contribution in [0, 0.1) is 18.3 Å². The number of fused-ring (bicyclic) bond motifs is 1. The van der Waals surface area contributed by atoms with Crippen LogP contribution in [0.25, 0.3) is 10.9 Å². The minimum atomic E-state index is 0.504. The molecule has 4 heteroatoms. The minimum Gasteiger partial charge on any atom is -0.455 e. The molecule has 1 heterocycles. The maximum absolute atomic E-state index is 9.22. The average molecular weight is 275 g/mol. The number of hydrogen-bond donors (Lipinski definition) is 1. The Kier molecular flexibility index (Phi) is 3.17. The van der Waals surface area contributed by atoms with Crippen molar-refractivity contribution in [2.24, 2.45) is 0 Å². The molecule has 3 aromatic rings. The Balaban J connectivity index is 2.11. The lowest BCUT2D eigenvalue weighted by atomic mass is 10.1. The van der Waals surface area contributed by atoms with Crippen LogP contribution in [0.3, 0.4) is 0 Å². The highest BCUT2D eigenvalue weighted by Crippen LogP contribution is 2.33. The fourth-order valence-electron chi connectivity index (χ4n) is 2.20. The number of pyridine rings is 1. The Labute approximate surface area is 122 Å². The molecular weight excluding hydrogens is 262 g/mol. The quantitative estimate of drug-likeness (QED) is 0.722. The van der Waals surface area contributed by atoms with Gasteiger partial charge in [-0.2, -0.15) is 5.26 Å². The molecule has 102 valence electrons. The Hall–Kier alpha value is -3.06.